The number of pyridine rings is 1. The molecular formula is C26H24F5N7O3. The Labute approximate surface area is 230 Å². The van der Waals surface area contributed by atoms with E-state index in [1.54, 1.807) is 29.1 Å². The SMILES string of the molecule is COc1ccc(CNc2cc(Nc3cc(OC(F)(F)F)c(-c4cnn(C5CC5)c4)cn3)nc(C(F)F)n2)c(OC)c1. The van der Waals surface area contributed by atoms with Gasteiger partial charge in [0.15, 0.2) is 5.82 Å². The van der Waals surface area contributed by atoms with Crippen molar-refractivity contribution in [1.82, 2.24) is 24.7 Å². The van der Waals surface area contributed by atoms with E-state index in [0.29, 0.717) is 22.6 Å². The number of hydrogen-bond acceptors (Lipinski definition) is 9. The van der Waals surface area contributed by atoms with Crippen molar-refractivity contribution >= 4 is 17.5 Å². The molecule has 1 aliphatic rings. The normalized spacial score (nSPS) is 13.3. The number of methoxy groups -OCH3 is 2. The zero-order chi connectivity index (χ0) is 29.1. The molecule has 10 nitrogen and oxygen atoms in total. The molecule has 1 fully saturated rings. The molecule has 15 heteroatoms. The van der Waals surface area contributed by atoms with Gasteiger partial charge in [-0.2, -0.15) is 5.10 Å². The van der Waals surface area contributed by atoms with Crippen molar-refractivity contribution in [2.75, 3.05) is 24.9 Å². The molecule has 41 heavy (non-hydrogen) atoms. The van der Waals surface area contributed by atoms with Crippen LogP contribution in [-0.2, 0) is 6.54 Å². The first-order chi connectivity index (χ1) is 19.6. The van der Waals surface area contributed by atoms with Gasteiger partial charge in [0.1, 0.15) is 34.7 Å². The molecule has 0 radical (unpaired) electrons. The largest absolute Gasteiger partial charge is 0.573 e. The van der Waals surface area contributed by atoms with Crippen molar-refractivity contribution in [3.05, 3.63) is 60.3 Å². The standard InChI is InChI=1S/C26H24F5N7O3/c1-39-17-6-3-14(19(7-17)40-2)10-32-22-9-23(37-25(36-22)24(27)28)35-21-8-20(41-26(29,30)31)18(12-33-21)15-11-34-38(13-15)16-4-5-16/h3,6-9,11-13,16,24H,4-5,10H2,1-2H3,(H2,32,33,35,36,37). The lowest BCUT2D eigenvalue weighted by atomic mass is 10.1. The zero-order valence-electron chi connectivity index (χ0n) is 21.7. The van der Waals surface area contributed by atoms with Crippen LogP contribution in [-0.4, -0.2) is 45.3 Å². The Kier molecular flexibility index (Phi) is 7.77. The van der Waals surface area contributed by atoms with Crippen LogP contribution in [0.4, 0.5) is 39.4 Å². The van der Waals surface area contributed by atoms with Gasteiger partial charge < -0.3 is 24.8 Å². The maximum atomic E-state index is 13.6. The molecule has 1 aromatic carbocycles. The minimum Gasteiger partial charge on any atom is -0.497 e. The number of nitrogens with one attached hydrogen (secondary N) is 2. The summed E-state index contributed by atoms with van der Waals surface area (Å²) in [5, 5.41) is 9.81. The fourth-order valence-corrected chi connectivity index (χ4v) is 3.98. The molecule has 0 unspecified atom stereocenters. The number of anilines is 3. The van der Waals surface area contributed by atoms with E-state index in [1.165, 1.54) is 32.7 Å². The summed E-state index contributed by atoms with van der Waals surface area (Å²) >= 11 is 0. The van der Waals surface area contributed by atoms with Crippen LogP contribution in [0.2, 0.25) is 0 Å². The van der Waals surface area contributed by atoms with E-state index >= 15 is 0 Å². The molecule has 2 N–H and O–H groups in total. The maximum absolute atomic E-state index is 13.6. The van der Waals surface area contributed by atoms with Gasteiger partial charge in [0.05, 0.1) is 26.5 Å². The Morgan fingerprint density at radius 2 is 1.76 bits per heavy atom. The predicted octanol–water partition coefficient (Wildman–Crippen LogP) is 6.28. The number of nitrogens with zero attached hydrogens (tertiary/aromatic N) is 5. The minimum absolute atomic E-state index is 0.0338. The average Bonchev–Trinajstić information content (AvgIpc) is 3.67. The van der Waals surface area contributed by atoms with Crippen LogP contribution in [0.1, 0.15) is 36.7 Å². The summed E-state index contributed by atoms with van der Waals surface area (Å²) in [5.41, 5.74) is 1.14. The van der Waals surface area contributed by atoms with Gasteiger partial charge in [0.2, 0.25) is 0 Å². The molecule has 216 valence electrons. The summed E-state index contributed by atoms with van der Waals surface area (Å²) in [6.45, 7) is 0.150. The van der Waals surface area contributed by atoms with E-state index in [9.17, 15) is 22.0 Å². The van der Waals surface area contributed by atoms with Gasteiger partial charge in [-0.3, -0.25) is 4.68 Å². The Hall–Kier alpha value is -4.69. The molecule has 1 saturated carbocycles. The smallest absolute Gasteiger partial charge is 0.497 e. The summed E-state index contributed by atoms with van der Waals surface area (Å²) < 4.78 is 83.4. The Morgan fingerprint density at radius 3 is 2.44 bits per heavy atom. The van der Waals surface area contributed by atoms with Crippen LogP contribution >= 0.6 is 0 Å². The third kappa shape index (κ3) is 6.91. The summed E-state index contributed by atoms with van der Waals surface area (Å²) in [5.74, 6) is -0.477. The lowest BCUT2D eigenvalue weighted by Crippen LogP contribution is -2.18. The molecule has 1 aliphatic carbocycles. The number of alkyl halides is 5. The summed E-state index contributed by atoms with van der Waals surface area (Å²) in [6.07, 6.45) is -1.88. The van der Waals surface area contributed by atoms with E-state index in [1.807, 2.05) is 0 Å². The Balaban J connectivity index is 1.40. The number of hydrogen-bond donors (Lipinski definition) is 2. The van der Waals surface area contributed by atoms with Crippen molar-refractivity contribution in [2.24, 2.45) is 0 Å². The van der Waals surface area contributed by atoms with Crippen molar-refractivity contribution in [3.8, 4) is 28.4 Å². The topological polar surface area (TPSA) is 108 Å². The van der Waals surface area contributed by atoms with Crippen LogP contribution in [0, 0.1) is 0 Å². The quantitative estimate of drug-likeness (QED) is 0.199. The molecule has 0 bridgehead atoms. The predicted molar refractivity (Wildman–Crippen MR) is 138 cm³/mol. The second-order valence-corrected chi connectivity index (χ2v) is 9.01. The minimum atomic E-state index is -4.99. The molecule has 0 aliphatic heterocycles. The molecule has 0 atom stereocenters. The number of ether oxygens (including phenoxy) is 3. The molecule has 5 rings (SSSR count). The van der Waals surface area contributed by atoms with Crippen LogP contribution in [0.5, 0.6) is 17.2 Å². The van der Waals surface area contributed by atoms with E-state index in [2.05, 4.69) is 35.4 Å². The van der Waals surface area contributed by atoms with Gasteiger partial charge in [-0.05, 0) is 25.0 Å². The highest BCUT2D eigenvalue weighted by Crippen LogP contribution is 2.39. The molecule has 3 heterocycles. The Morgan fingerprint density at radius 1 is 0.976 bits per heavy atom. The first-order valence-corrected chi connectivity index (χ1v) is 12.3. The van der Waals surface area contributed by atoms with Gasteiger partial charge in [-0.1, -0.05) is 0 Å². The summed E-state index contributed by atoms with van der Waals surface area (Å²) in [6, 6.07) is 7.67. The summed E-state index contributed by atoms with van der Waals surface area (Å²) in [4.78, 5) is 11.8. The van der Waals surface area contributed by atoms with Crippen LogP contribution in [0.25, 0.3) is 11.1 Å². The Bertz CT molecular complexity index is 1530. The van der Waals surface area contributed by atoms with E-state index in [-0.39, 0.29) is 35.6 Å². The number of halogens is 5. The van der Waals surface area contributed by atoms with Crippen molar-refractivity contribution in [2.45, 2.75) is 38.2 Å². The highest BCUT2D eigenvalue weighted by atomic mass is 19.4. The summed E-state index contributed by atoms with van der Waals surface area (Å²) in [7, 11) is 2.99. The van der Waals surface area contributed by atoms with Gasteiger partial charge >= 0.3 is 6.36 Å². The molecule has 0 spiro atoms. The highest BCUT2D eigenvalue weighted by molar-refractivity contribution is 5.71. The first-order valence-electron chi connectivity index (χ1n) is 12.3. The fourth-order valence-electron chi connectivity index (χ4n) is 3.98. The lowest BCUT2D eigenvalue weighted by molar-refractivity contribution is -0.274. The van der Waals surface area contributed by atoms with Crippen molar-refractivity contribution in [3.63, 3.8) is 0 Å². The van der Waals surface area contributed by atoms with Gasteiger partial charge in [0, 0.05) is 53.8 Å². The third-order valence-corrected chi connectivity index (χ3v) is 6.07. The molecule has 0 amide bonds. The van der Waals surface area contributed by atoms with Crippen molar-refractivity contribution in [1.29, 1.82) is 0 Å². The average molecular weight is 578 g/mol. The third-order valence-electron chi connectivity index (χ3n) is 6.07. The van der Waals surface area contributed by atoms with Gasteiger partial charge in [-0.25, -0.2) is 23.7 Å². The molecule has 4 aromatic rings. The van der Waals surface area contributed by atoms with Gasteiger partial charge in [0.25, 0.3) is 6.43 Å². The monoisotopic (exact) mass is 577 g/mol. The number of rotatable bonds is 11. The molecule has 0 saturated heterocycles. The van der Waals surface area contributed by atoms with Crippen molar-refractivity contribution < 1.29 is 36.2 Å². The first kappa shape index (κ1) is 27.9. The van der Waals surface area contributed by atoms with Crippen LogP contribution < -0.4 is 24.8 Å². The fraction of sp³-hybridized carbons (Fsp3) is 0.308. The van der Waals surface area contributed by atoms with Crippen LogP contribution in [0.15, 0.2) is 48.9 Å². The molecule has 3 aromatic heterocycles. The van der Waals surface area contributed by atoms with E-state index in [0.717, 1.165) is 18.9 Å². The maximum Gasteiger partial charge on any atom is 0.573 e. The number of benzene rings is 1. The number of aromatic nitrogens is 5. The molecular weight excluding hydrogens is 553 g/mol. The zero-order valence-corrected chi connectivity index (χ0v) is 21.7. The lowest BCUT2D eigenvalue weighted by Gasteiger charge is -2.15. The van der Waals surface area contributed by atoms with Gasteiger partial charge in [-0.15, -0.1) is 13.2 Å². The van der Waals surface area contributed by atoms with E-state index in [4.69, 9.17) is 9.47 Å². The second-order valence-electron chi connectivity index (χ2n) is 9.01. The van der Waals surface area contributed by atoms with E-state index < -0.39 is 24.4 Å². The second kappa shape index (κ2) is 11.4. The highest BCUT2D eigenvalue weighted by Gasteiger charge is 2.33. The van der Waals surface area contributed by atoms with Crippen LogP contribution in [0.3, 0.4) is 0 Å².